The molecule has 1 saturated heterocycles. The lowest BCUT2D eigenvalue weighted by molar-refractivity contribution is -0.125. The summed E-state index contributed by atoms with van der Waals surface area (Å²) in [7, 11) is 0. The third kappa shape index (κ3) is 3.42. The first kappa shape index (κ1) is 12.8. The van der Waals surface area contributed by atoms with Crippen molar-refractivity contribution in [1.82, 2.24) is 10.6 Å². The maximum Gasteiger partial charge on any atom is 0.224 e. The van der Waals surface area contributed by atoms with Gasteiger partial charge in [-0.1, -0.05) is 6.92 Å². The lowest BCUT2D eigenvalue weighted by atomic mass is 9.87. The molecule has 1 amide bonds. The average Bonchev–Trinajstić information content (AvgIpc) is 2.74. The van der Waals surface area contributed by atoms with E-state index in [-0.39, 0.29) is 17.9 Å². The van der Waals surface area contributed by atoms with Gasteiger partial charge in [-0.15, -0.1) is 0 Å². The SMILES string of the molecule is C[C@@H]1CNC[C@H]1C(=O)NCC1CCC(O)CC1. The molecule has 0 aromatic heterocycles. The van der Waals surface area contributed by atoms with Gasteiger partial charge < -0.3 is 15.7 Å². The molecule has 1 aliphatic heterocycles. The van der Waals surface area contributed by atoms with E-state index in [0.29, 0.717) is 11.8 Å². The van der Waals surface area contributed by atoms with Crippen LogP contribution in [0.15, 0.2) is 0 Å². The van der Waals surface area contributed by atoms with Crippen LogP contribution in [0.3, 0.4) is 0 Å². The maximum atomic E-state index is 12.0. The Kier molecular flexibility index (Phi) is 4.40. The highest BCUT2D eigenvalue weighted by Gasteiger charge is 2.30. The summed E-state index contributed by atoms with van der Waals surface area (Å²) in [5.74, 6) is 1.35. The molecule has 98 valence electrons. The molecule has 1 saturated carbocycles. The molecule has 3 N–H and O–H groups in total. The number of carbonyl (C=O) groups is 1. The fourth-order valence-electron chi connectivity index (χ4n) is 2.89. The van der Waals surface area contributed by atoms with Gasteiger partial charge in [-0.05, 0) is 44.1 Å². The van der Waals surface area contributed by atoms with E-state index in [1.165, 1.54) is 0 Å². The molecule has 1 heterocycles. The summed E-state index contributed by atoms with van der Waals surface area (Å²) in [5.41, 5.74) is 0. The second-order valence-corrected chi connectivity index (χ2v) is 5.66. The van der Waals surface area contributed by atoms with Gasteiger partial charge in [-0.2, -0.15) is 0 Å². The van der Waals surface area contributed by atoms with Crippen molar-refractivity contribution in [3.05, 3.63) is 0 Å². The van der Waals surface area contributed by atoms with Crippen LogP contribution in [0.25, 0.3) is 0 Å². The van der Waals surface area contributed by atoms with E-state index in [4.69, 9.17) is 0 Å². The summed E-state index contributed by atoms with van der Waals surface area (Å²) in [5, 5.41) is 15.7. The van der Waals surface area contributed by atoms with Crippen molar-refractivity contribution in [1.29, 1.82) is 0 Å². The predicted molar refractivity (Wildman–Crippen MR) is 66.5 cm³/mol. The smallest absolute Gasteiger partial charge is 0.224 e. The van der Waals surface area contributed by atoms with Gasteiger partial charge in [-0.3, -0.25) is 4.79 Å². The minimum atomic E-state index is -0.110. The molecule has 4 heteroatoms. The molecule has 2 rings (SSSR count). The Morgan fingerprint density at radius 2 is 2.00 bits per heavy atom. The highest BCUT2D eigenvalue weighted by atomic mass is 16.3. The Morgan fingerprint density at radius 1 is 1.29 bits per heavy atom. The van der Waals surface area contributed by atoms with Gasteiger partial charge in [0.1, 0.15) is 0 Å². The fourth-order valence-corrected chi connectivity index (χ4v) is 2.89. The summed E-state index contributed by atoms with van der Waals surface area (Å²) in [4.78, 5) is 12.0. The van der Waals surface area contributed by atoms with E-state index in [1.54, 1.807) is 0 Å². The zero-order valence-corrected chi connectivity index (χ0v) is 10.6. The Bertz CT molecular complexity index is 262. The second kappa shape index (κ2) is 5.83. The van der Waals surface area contributed by atoms with Crippen molar-refractivity contribution in [2.24, 2.45) is 17.8 Å². The van der Waals surface area contributed by atoms with E-state index in [1.807, 2.05) is 0 Å². The standard InChI is InChI=1S/C13H24N2O2/c1-9-6-14-8-12(9)13(17)15-7-10-2-4-11(16)5-3-10/h9-12,14,16H,2-8H2,1H3,(H,15,17)/t9-,10?,11?,12-/m1/s1. The second-order valence-electron chi connectivity index (χ2n) is 5.66. The van der Waals surface area contributed by atoms with E-state index < -0.39 is 0 Å². The third-order valence-electron chi connectivity index (χ3n) is 4.24. The predicted octanol–water partition coefficient (Wildman–Crippen LogP) is 0.509. The molecule has 2 fully saturated rings. The van der Waals surface area contributed by atoms with Crippen LogP contribution >= 0.6 is 0 Å². The van der Waals surface area contributed by atoms with Crippen molar-refractivity contribution in [3.8, 4) is 0 Å². The number of hydrogen-bond donors (Lipinski definition) is 3. The zero-order chi connectivity index (χ0) is 12.3. The van der Waals surface area contributed by atoms with Crippen molar-refractivity contribution in [2.45, 2.75) is 38.7 Å². The average molecular weight is 240 g/mol. The molecule has 0 bridgehead atoms. The molecule has 0 aromatic carbocycles. The fraction of sp³-hybridized carbons (Fsp3) is 0.923. The van der Waals surface area contributed by atoms with Crippen LogP contribution in [-0.2, 0) is 4.79 Å². The molecule has 0 radical (unpaired) electrons. The normalized spacial score (nSPS) is 38.0. The number of hydrogen-bond acceptors (Lipinski definition) is 3. The first-order valence-electron chi connectivity index (χ1n) is 6.83. The molecule has 0 spiro atoms. The number of rotatable bonds is 3. The van der Waals surface area contributed by atoms with Crippen LogP contribution < -0.4 is 10.6 Å². The topological polar surface area (TPSA) is 61.4 Å². The van der Waals surface area contributed by atoms with E-state index in [0.717, 1.165) is 45.3 Å². The minimum absolute atomic E-state index is 0.110. The molecule has 2 atom stereocenters. The number of nitrogens with one attached hydrogen (secondary N) is 2. The van der Waals surface area contributed by atoms with Gasteiger partial charge in [0.15, 0.2) is 0 Å². The van der Waals surface area contributed by atoms with E-state index >= 15 is 0 Å². The Balaban J connectivity index is 1.69. The van der Waals surface area contributed by atoms with Gasteiger partial charge in [-0.25, -0.2) is 0 Å². The van der Waals surface area contributed by atoms with Crippen molar-refractivity contribution in [2.75, 3.05) is 19.6 Å². The maximum absolute atomic E-state index is 12.0. The number of carbonyl (C=O) groups excluding carboxylic acids is 1. The Labute approximate surface area is 103 Å². The quantitative estimate of drug-likeness (QED) is 0.673. The highest BCUT2D eigenvalue weighted by Crippen LogP contribution is 2.23. The third-order valence-corrected chi connectivity index (χ3v) is 4.24. The Hall–Kier alpha value is -0.610. The van der Waals surface area contributed by atoms with Gasteiger partial charge in [0, 0.05) is 13.1 Å². The van der Waals surface area contributed by atoms with Crippen molar-refractivity contribution < 1.29 is 9.90 Å². The Morgan fingerprint density at radius 3 is 2.59 bits per heavy atom. The van der Waals surface area contributed by atoms with Gasteiger partial charge in [0.2, 0.25) is 5.91 Å². The van der Waals surface area contributed by atoms with Crippen molar-refractivity contribution >= 4 is 5.91 Å². The monoisotopic (exact) mass is 240 g/mol. The molecule has 1 aliphatic carbocycles. The van der Waals surface area contributed by atoms with Crippen LogP contribution in [0.4, 0.5) is 0 Å². The molecular formula is C13H24N2O2. The van der Waals surface area contributed by atoms with E-state index in [9.17, 15) is 9.90 Å². The minimum Gasteiger partial charge on any atom is -0.393 e. The molecule has 0 unspecified atom stereocenters. The first-order chi connectivity index (χ1) is 8.16. The lowest BCUT2D eigenvalue weighted by Gasteiger charge is -2.26. The number of aliphatic hydroxyl groups is 1. The molecule has 4 nitrogen and oxygen atoms in total. The zero-order valence-electron chi connectivity index (χ0n) is 10.6. The summed E-state index contributed by atoms with van der Waals surface area (Å²) >= 11 is 0. The summed E-state index contributed by atoms with van der Waals surface area (Å²) in [6.07, 6.45) is 3.75. The molecule has 2 aliphatic rings. The molecule has 0 aromatic rings. The van der Waals surface area contributed by atoms with Crippen LogP contribution in [0.5, 0.6) is 0 Å². The van der Waals surface area contributed by atoms with Gasteiger partial charge in [0.05, 0.1) is 12.0 Å². The summed E-state index contributed by atoms with van der Waals surface area (Å²) in [6.45, 7) is 4.68. The van der Waals surface area contributed by atoms with Gasteiger partial charge in [0.25, 0.3) is 0 Å². The summed E-state index contributed by atoms with van der Waals surface area (Å²) in [6, 6.07) is 0. The first-order valence-corrected chi connectivity index (χ1v) is 6.83. The van der Waals surface area contributed by atoms with Crippen molar-refractivity contribution in [3.63, 3.8) is 0 Å². The summed E-state index contributed by atoms with van der Waals surface area (Å²) < 4.78 is 0. The van der Waals surface area contributed by atoms with Gasteiger partial charge >= 0.3 is 0 Å². The number of amides is 1. The van der Waals surface area contributed by atoms with Crippen LogP contribution in [0, 0.1) is 17.8 Å². The largest absolute Gasteiger partial charge is 0.393 e. The highest BCUT2D eigenvalue weighted by molar-refractivity contribution is 5.79. The van der Waals surface area contributed by atoms with Crippen LogP contribution in [-0.4, -0.2) is 36.8 Å². The van der Waals surface area contributed by atoms with E-state index in [2.05, 4.69) is 17.6 Å². The molecule has 17 heavy (non-hydrogen) atoms. The van der Waals surface area contributed by atoms with Crippen LogP contribution in [0.2, 0.25) is 0 Å². The number of aliphatic hydroxyl groups excluding tert-OH is 1. The lowest BCUT2D eigenvalue weighted by Crippen LogP contribution is -2.38. The van der Waals surface area contributed by atoms with Crippen LogP contribution in [0.1, 0.15) is 32.6 Å². The molecular weight excluding hydrogens is 216 g/mol.